The maximum Gasteiger partial charge on any atom is 0.244 e. The fraction of sp³-hybridized carbons (Fsp3) is 0.400. The van der Waals surface area contributed by atoms with Crippen LogP contribution in [0.25, 0.3) is 6.08 Å². The van der Waals surface area contributed by atoms with Crippen LogP contribution < -0.4 is 5.32 Å². The summed E-state index contributed by atoms with van der Waals surface area (Å²) in [5.41, 5.74) is 0.377. The Kier molecular flexibility index (Phi) is 4.68. The molecule has 4 heteroatoms. The summed E-state index contributed by atoms with van der Waals surface area (Å²) in [7, 11) is 0. The summed E-state index contributed by atoms with van der Waals surface area (Å²) in [5, 5.41) is 12.5. The van der Waals surface area contributed by atoms with Gasteiger partial charge in [0.25, 0.3) is 0 Å². The van der Waals surface area contributed by atoms with Crippen molar-refractivity contribution >= 4 is 12.0 Å². The Morgan fingerprint density at radius 2 is 2.05 bits per heavy atom. The van der Waals surface area contributed by atoms with Crippen molar-refractivity contribution in [2.45, 2.75) is 37.8 Å². The predicted molar refractivity (Wildman–Crippen MR) is 71.8 cm³/mol. The van der Waals surface area contributed by atoms with Gasteiger partial charge in [-0.15, -0.1) is 0 Å². The van der Waals surface area contributed by atoms with E-state index in [-0.39, 0.29) is 17.8 Å². The minimum absolute atomic E-state index is 0.188. The highest BCUT2D eigenvalue weighted by Crippen LogP contribution is 2.18. The number of benzene rings is 1. The van der Waals surface area contributed by atoms with E-state index in [1.54, 1.807) is 18.2 Å². The van der Waals surface area contributed by atoms with Crippen LogP contribution in [-0.2, 0) is 4.79 Å². The van der Waals surface area contributed by atoms with E-state index in [2.05, 4.69) is 5.32 Å². The van der Waals surface area contributed by atoms with Gasteiger partial charge in [0, 0.05) is 11.6 Å². The third kappa shape index (κ3) is 3.89. The SMILES string of the molecule is O=C(C=Cc1ccccc1F)NC1CCCCC1O. The second-order valence-electron chi connectivity index (χ2n) is 4.82. The minimum Gasteiger partial charge on any atom is -0.391 e. The summed E-state index contributed by atoms with van der Waals surface area (Å²) in [6, 6.07) is 6.08. The molecule has 2 N–H and O–H groups in total. The van der Waals surface area contributed by atoms with Gasteiger partial charge in [-0.2, -0.15) is 0 Å². The van der Waals surface area contributed by atoms with Gasteiger partial charge < -0.3 is 10.4 Å². The molecule has 19 heavy (non-hydrogen) atoms. The number of halogens is 1. The van der Waals surface area contributed by atoms with Crippen molar-refractivity contribution in [1.29, 1.82) is 0 Å². The van der Waals surface area contributed by atoms with Gasteiger partial charge >= 0.3 is 0 Å². The van der Waals surface area contributed by atoms with E-state index in [1.807, 2.05) is 0 Å². The van der Waals surface area contributed by atoms with Gasteiger partial charge in [-0.1, -0.05) is 31.0 Å². The van der Waals surface area contributed by atoms with Gasteiger partial charge in [0.15, 0.2) is 0 Å². The molecule has 0 bridgehead atoms. The lowest BCUT2D eigenvalue weighted by Gasteiger charge is -2.27. The third-order valence-electron chi connectivity index (χ3n) is 3.38. The van der Waals surface area contributed by atoms with Gasteiger partial charge in [0.05, 0.1) is 12.1 Å². The molecule has 1 aromatic rings. The van der Waals surface area contributed by atoms with Crippen LogP contribution in [0.3, 0.4) is 0 Å². The first-order valence-electron chi connectivity index (χ1n) is 6.58. The van der Waals surface area contributed by atoms with Crippen LogP contribution in [0.15, 0.2) is 30.3 Å². The highest BCUT2D eigenvalue weighted by atomic mass is 19.1. The van der Waals surface area contributed by atoms with Crippen molar-refractivity contribution in [3.05, 3.63) is 41.7 Å². The summed E-state index contributed by atoms with van der Waals surface area (Å²) >= 11 is 0. The molecule has 0 aromatic heterocycles. The Labute approximate surface area is 112 Å². The van der Waals surface area contributed by atoms with Crippen LogP contribution in [0.2, 0.25) is 0 Å². The molecule has 2 unspecified atom stereocenters. The van der Waals surface area contributed by atoms with Crippen LogP contribution in [0.4, 0.5) is 4.39 Å². The molecule has 2 atom stereocenters. The van der Waals surface area contributed by atoms with Crippen molar-refractivity contribution in [3.63, 3.8) is 0 Å². The molecule has 1 amide bonds. The number of carbonyl (C=O) groups excluding carboxylic acids is 1. The maximum absolute atomic E-state index is 13.3. The molecule has 3 nitrogen and oxygen atoms in total. The molecule has 0 saturated heterocycles. The molecule has 0 heterocycles. The molecular formula is C15H18FNO2. The Bertz CT molecular complexity index is 473. The van der Waals surface area contributed by atoms with Gasteiger partial charge in [-0.3, -0.25) is 4.79 Å². The van der Waals surface area contributed by atoms with E-state index in [0.29, 0.717) is 5.56 Å². The average Bonchev–Trinajstić information content (AvgIpc) is 2.40. The normalized spacial score (nSPS) is 23.5. The molecule has 0 spiro atoms. The Hall–Kier alpha value is -1.68. The average molecular weight is 263 g/mol. The molecule has 2 rings (SSSR count). The second-order valence-corrected chi connectivity index (χ2v) is 4.82. The van der Waals surface area contributed by atoms with E-state index in [4.69, 9.17) is 0 Å². The largest absolute Gasteiger partial charge is 0.391 e. The van der Waals surface area contributed by atoms with E-state index in [0.717, 1.165) is 25.7 Å². The molecule has 1 aliphatic rings. The number of carbonyl (C=O) groups is 1. The lowest BCUT2D eigenvalue weighted by Crippen LogP contribution is -2.44. The van der Waals surface area contributed by atoms with Crippen LogP contribution in [0, 0.1) is 5.82 Å². The first kappa shape index (κ1) is 13.7. The van der Waals surface area contributed by atoms with Crippen LogP contribution in [-0.4, -0.2) is 23.2 Å². The van der Waals surface area contributed by atoms with E-state index in [1.165, 1.54) is 18.2 Å². The number of aliphatic hydroxyl groups excluding tert-OH is 1. The molecule has 1 saturated carbocycles. The molecule has 102 valence electrons. The number of hydrogen-bond donors (Lipinski definition) is 2. The summed E-state index contributed by atoms with van der Waals surface area (Å²) in [6.45, 7) is 0. The van der Waals surface area contributed by atoms with Crippen molar-refractivity contribution in [3.8, 4) is 0 Å². The summed E-state index contributed by atoms with van der Waals surface area (Å²) in [5.74, 6) is -0.654. The number of aliphatic hydroxyl groups is 1. The van der Waals surface area contributed by atoms with Crippen molar-refractivity contribution in [2.24, 2.45) is 0 Å². The van der Waals surface area contributed by atoms with E-state index < -0.39 is 6.10 Å². The van der Waals surface area contributed by atoms with Crippen molar-refractivity contribution in [1.82, 2.24) is 5.32 Å². The molecule has 1 aromatic carbocycles. The number of hydrogen-bond acceptors (Lipinski definition) is 2. The number of amides is 1. The van der Waals surface area contributed by atoms with Crippen LogP contribution in [0.1, 0.15) is 31.2 Å². The van der Waals surface area contributed by atoms with Crippen molar-refractivity contribution < 1.29 is 14.3 Å². The molecule has 0 radical (unpaired) electrons. The zero-order valence-electron chi connectivity index (χ0n) is 10.7. The standard InChI is InChI=1S/C15H18FNO2/c16-12-6-2-1-5-11(12)9-10-15(19)17-13-7-3-4-8-14(13)18/h1-2,5-6,9-10,13-14,18H,3-4,7-8H2,(H,17,19). The highest BCUT2D eigenvalue weighted by Gasteiger charge is 2.23. The summed E-state index contributed by atoms with van der Waals surface area (Å²) in [6.07, 6.45) is 5.80. The third-order valence-corrected chi connectivity index (χ3v) is 3.38. The van der Waals surface area contributed by atoms with Gasteiger partial charge in [0.1, 0.15) is 5.82 Å². The Morgan fingerprint density at radius 3 is 2.79 bits per heavy atom. The number of rotatable bonds is 3. The topological polar surface area (TPSA) is 49.3 Å². The number of nitrogens with one attached hydrogen (secondary N) is 1. The van der Waals surface area contributed by atoms with Gasteiger partial charge in [-0.25, -0.2) is 4.39 Å². The van der Waals surface area contributed by atoms with E-state index >= 15 is 0 Å². The Morgan fingerprint density at radius 1 is 1.32 bits per heavy atom. The first-order chi connectivity index (χ1) is 9.16. The predicted octanol–water partition coefficient (Wildman–Crippen LogP) is 2.26. The molecule has 0 aliphatic heterocycles. The lowest BCUT2D eigenvalue weighted by molar-refractivity contribution is -0.118. The maximum atomic E-state index is 13.3. The fourth-order valence-corrected chi connectivity index (χ4v) is 2.29. The highest BCUT2D eigenvalue weighted by molar-refractivity contribution is 5.91. The zero-order chi connectivity index (χ0) is 13.7. The van der Waals surface area contributed by atoms with Gasteiger partial charge in [0.2, 0.25) is 5.91 Å². The monoisotopic (exact) mass is 263 g/mol. The summed E-state index contributed by atoms with van der Waals surface area (Å²) < 4.78 is 13.3. The van der Waals surface area contributed by atoms with Crippen LogP contribution in [0.5, 0.6) is 0 Å². The second kappa shape index (κ2) is 6.48. The molecule has 1 aliphatic carbocycles. The smallest absolute Gasteiger partial charge is 0.244 e. The first-order valence-corrected chi connectivity index (χ1v) is 6.58. The quantitative estimate of drug-likeness (QED) is 0.822. The molecular weight excluding hydrogens is 245 g/mol. The zero-order valence-corrected chi connectivity index (χ0v) is 10.7. The minimum atomic E-state index is -0.473. The van der Waals surface area contributed by atoms with Gasteiger partial charge in [-0.05, 0) is 25.0 Å². The van der Waals surface area contributed by atoms with Crippen LogP contribution >= 0.6 is 0 Å². The lowest BCUT2D eigenvalue weighted by atomic mass is 9.92. The van der Waals surface area contributed by atoms with E-state index in [9.17, 15) is 14.3 Å². The summed E-state index contributed by atoms with van der Waals surface area (Å²) in [4.78, 5) is 11.7. The Balaban J connectivity index is 1.92. The van der Waals surface area contributed by atoms with Crippen molar-refractivity contribution in [2.75, 3.05) is 0 Å². The fourth-order valence-electron chi connectivity index (χ4n) is 2.29. The molecule has 1 fully saturated rings.